The van der Waals surface area contributed by atoms with Crippen LogP contribution in [0, 0.1) is 0 Å². The molecule has 0 N–H and O–H groups in total. The van der Waals surface area contributed by atoms with Crippen molar-refractivity contribution < 1.29 is 0 Å². The molecule has 0 aliphatic heterocycles. The first-order valence-electron chi connectivity index (χ1n) is 18.9. The Kier molecular flexibility index (Phi) is 7.46. The fraction of sp³-hybridized carbons (Fsp3) is 0. The van der Waals surface area contributed by atoms with Crippen LogP contribution in [0.5, 0.6) is 0 Å². The summed E-state index contributed by atoms with van der Waals surface area (Å²) in [5.41, 5.74) is 16.5. The minimum atomic E-state index is 0.630. The predicted molar refractivity (Wildman–Crippen MR) is 230 cm³/mol. The van der Waals surface area contributed by atoms with E-state index in [1.807, 2.05) is 42.5 Å². The van der Waals surface area contributed by atoms with Gasteiger partial charge in [-0.2, -0.15) is 0 Å². The second-order valence-corrected chi connectivity index (χ2v) is 14.1. The monoisotopic (exact) mass is 712 g/mol. The van der Waals surface area contributed by atoms with Crippen LogP contribution in [0.4, 0.5) is 0 Å². The van der Waals surface area contributed by atoms with Gasteiger partial charge in [0, 0.05) is 18.0 Å². The van der Waals surface area contributed by atoms with Crippen LogP contribution >= 0.6 is 0 Å². The number of nitrogens with zero attached hydrogens (tertiary/aromatic N) is 4. The van der Waals surface area contributed by atoms with Crippen LogP contribution in [0.15, 0.2) is 194 Å². The summed E-state index contributed by atoms with van der Waals surface area (Å²) >= 11 is 0. The van der Waals surface area contributed by atoms with Crippen LogP contribution in [-0.2, 0) is 0 Å². The van der Waals surface area contributed by atoms with E-state index in [0.29, 0.717) is 5.82 Å². The van der Waals surface area contributed by atoms with Gasteiger partial charge in [0.1, 0.15) is 0 Å². The highest BCUT2D eigenvalue weighted by atomic mass is 14.9. The van der Waals surface area contributed by atoms with Crippen molar-refractivity contribution in [1.82, 2.24) is 19.9 Å². The topological polar surface area (TPSA) is 51.6 Å². The van der Waals surface area contributed by atoms with Gasteiger partial charge in [-0.1, -0.05) is 152 Å². The molecule has 10 aromatic rings. The van der Waals surface area contributed by atoms with Gasteiger partial charge in [0.15, 0.2) is 5.82 Å². The van der Waals surface area contributed by atoms with Gasteiger partial charge in [-0.3, -0.25) is 9.97 Å². The molecular weight excluding hydrogens is 681 g/mol. The lowest BCUT2D eigenvalue weighted by atomic mass is 9.82. The Morgan fingerprint density at radius 1 is 0.286 bits per heavy atom. The van der Waals surface area contributed by atoms with Crippen molar-refractivity contribution in [3.05, 3.63) is 194 Å². The molecule has 0 unspecified atom stereocenters. The maximum absolute atomic E-state index is 4.99. The molecule has 3 aromatic heterocycles. The van der Waals surface area contributed by atoms with E-state index in [4.69, 9.17) is 9.97 Å². The molecule has 11 rings (SSSR count). The molecule has 4 heteroatoms. The molecule has 260 valence electrons. The Hall–Kier alpha value is -7.56. The molecule has 0 saturated heterocycles. The number of hydrogen-bond donors (Lipinski definition) is 0. The maximum Gasteiger partial charge on any atom is 0.160 e. The van der Waals surface area contributed by atoms with Crippen molar-refractivity contribution in [2.24, 2.45) is 0 Å². The molecule has 0 bridgehead atoms. The summed E-state index contributed by atoms with van der Waals surface area (Å²) < 4.78 is 0. The Balaban J connectivity index is 1.09. The fourth-order valence-corrected chi connectivity index (χ4v) is 8.53. The zero-order valence-corrected chi connectivity index (χ0v) is 30.3. The van der Waals surface area contributed by atoms with Crippen LogP contribution in [0.2, 0.25) is 0 Å². The predicted octanol–water partition coefficient (Wildman–Crippen LogP) is 13.2. The average molecular weight is 713 g/mol. The summed E-state index contributed by atoms with van der Waals surface area (Å²) in [7, 11) is 0. The van der Waals surface area contributed by atoms with Crippen LogP contribution in [-0.4, -0.2) is 19.9 Å². The number of benzene rings is 7. The van der Waals surface area contributed by atoms with E-state index >= 15 is 0 Å². The molecular formula is C52H32N4. The van der Waals surface area contributed by atoms with Crippen molar-refractivity contribution in [3.8, 4) is 89.8 Å². The SMILES string of the molecule is c1ccc(-c2c3c(c(-c4ccccc4)c4ccccc24)-c2ccc(-c4ccc(-c5nc(-c6ccccn6)cc(-c6ccccn6)n5)cc4)c4cccc-3c24)cc1. The van der Waals surface area contributed by atoms with E-state index in [1.165, 1.54) is 71.6 Å². The van der Waals surface area contributed by atoms with Gasteiger partial charge < -0.3 is 0 Å². The van der Waals surface area contributed by atoms with Gasteiger partial charge in [0.05, 0.1) is 22.8 Å². The number of hydrogen-bond acceptors (Lipinski definition) is 4. The molecule has 0 atom stereocenters. The fourth-order valence-electron chi connectivity index (χ4n) is 8.53. The highest BCUT2D eigenvalue weighted by Gasteiger charge is 2.31. The van der Waals surface area contributed by atoms with Crippen molar-refractivity contribution in [1.29, 1.82) is 0 Å². The second kappa shape index (κ2) is 13.1. The van der Waals surface area contributed by atoms with E-state index in [1.54, 1.807) is 12.4 Å². The summed E-state index contributed by atoms with van der Waals surface area (Å²) in [5.74, 6) is 0.630. The highest BCUT2D eigenvalue weighted by molar-refractivity contribution is 6.28. The Morgan fingerprint density at radius 3 is 1.32 bits per heavy atom. The van der Waals surface area contributed by atoms with E-state index in [9.17, 15) is 0 Å². The summed E-state index contributed by atoms with van der Waals surface area (Å²) in [5, 5.41) is 5.05. The molecule has 3 heterocycles. The normalized spacial score (nSPS) is 11.6. The largest absolute Gasteiger partial charge is 0.255 e. The molecule has 56 heavy (non-hydrogen) atoms. The second-order valence-electron chi connectivity index (χ2n) is 14.1. The van der Waals surface area contributed by atoms with Crippen molar-refractivity contribution in [3.63, 3.8) is 0 Å². The minimum Gasteiger partial charge on any atom is -0.255 e. The summed E-state index contributed by atoms with van der Waals surface area (Å²) in [6.45, 7) is 0. The lowest BCUT2D eigenvalue weighted by Gasteiger charge is -2.20. The Labute approximate surface area is 324 Å². The molecule has 0 fully saturated rings. The van der Waals surface area contributed by atoms with Crippen LogP contribution in [0.25, 0.3) is 111 Å². The first kappa shape index (κ1) is 31.9. The lowest BCUT2D eigenvalue weighted by Crippen LogP contribution is -1.97. The van der Waals surface area contributed by atoms with Crippen LogP contribution in [0.1, 0.15) is 0 Å². The molecule has 0 saturated carbocycles. The molecule has 0 spiro atoms. The number of pyridine rings is 2. The number of fused-ring (bicyclic) bond motifs is 4. The van der Waals surface area contributed by atoms with E-state index in [-0.39, 0.29) is 0 Å². The van der Waals surface area contributed by atoms with Gasteiger partial charge >= 0.3 is 0 Å². The van der Waals surface area contributed by atoms with Gasteiger partial charge in [-0.25, -0.2) is 9.97 Å². The minimum absolute atomic E-state index is 0.630. The smallest absolute Gasteiger partial charge is 0.160 e. The standard InChI is InChI=1S/C52H32N4/c1-3-14-34(15-4-1)47-39-18-7-8-19-40(39)48(35-16-5-2-6-17-35)51-42-29-28-37(38-20-13-21-41(49(38)42)50(47)51)33-24-26-36(27-25-33)52-55-45(43-22-9-11-30-53-43)32-46(56-52)44-23-10-12-31-54-44/h1-32H. The molecule has 0 amide bonds. The third-order valence-corrected chi connectivity index (χ3v) is 11.0. The van der Waals surface area contributed by atoms with Crippen molar-refractivity contribution in [2.45, 2.75) is 0 Å². The van der Waals surface area contributed by atoms with Gasteiger partial charge in [-0.05, 0) is 108 Å². The quantitative estimate of drug-likeness (QED) is 0.172. The summed E-state index contributed by atoms with van der Waals surface area (Å²) in [4.78, 5) is 19.2. The Bertz CT molecular complexity index is 2940. The molecule has 1 aliphatic carbocycles. The molecule has 4 nitrogen and oxygen atoms in total. The number of rotatable bonds is 6. The molecule has 7 aromatic carbocycles. The third-order valence-electron chi connectivity index (χ3n) is 11.0. The van der Waals surface area contributed by atoms with E-state index < -0.39 is 0 Å². The van der Waals surface area contributed by atoms with Crippen molar-refractivity contribution >= 4 is 21.5 Å². The Morgan fingerprint density at radius 2 is 0.768 bits per heavy atom. The summed E-state index contributed by atoms with van der Waals surface area (Å²) in [6, 6.07) is 64.4. The summed E-state index contributed by atoms with van der Waals surface area (Å²) in [6.07, 6.45) is 3.58. The number of aromatic nitrogens is 4. The van der Waals surface area contributed by atoms with E-state index in [0.717, 1.165) is 33.9 Å². The zero-order valence-electron chi connectivity index (χ0n) is 30.3. The van der Waals surface area contributed by atoms with Gasteiger partial charge in [-0.15, -0.1) is 0 Å². The third kappa shape index (κ3) is 5.15. The van der Waals surface area contributed by atoms with Crippen LogP contribution < -0.4 is 0 Å². The zero-order chi connectivity index (χ0) is 37.0. The molecule has 1 aliphatic rings. The molecule has 0 radical (unpaired) electrons. The lowest BCUT2D eigenvalue weighted by molar-refractivity contribution is 1.15. The maximum atomic E-state index is 4.99. The average Bonchev–Trinajstić information content (AvgIpc) is 3.61. The van der Waals surface area contributed by atoms with Gasteiger partial charge in [0.2, 0.25) is 0 Å². The first-order valence-corrected chi connectivity index (χ1v) is 18.9. The van der Waals surface area contributed by atoms with Gasteiger partial charge in [0.25, 0.3) is 0 Å². The van der Waals surface area contributed by atoms with Crippen LogP contribution in [0.3, 0.4) is 0 Å². The van der Waals surface area contributed by atoms with Crippen molar-refractivity contribution in [2.75, 3.05) is 0 Å². The first-order chi connectivity index (χ1) is 27.8. The van der Waals surface area contributed by atoms with E-state index in [2.05, 4.69) is 149 Å². The highest BCUT2D eigenvalue weighted by Crippen LogP contribution is 2.58.